The Bertz CT molecular complexity index is 1370. The number of nitrogens with zero attached hydrogens (tertiary/aromatic N) is 3. The van der Waals surface area contributed by atoms with Gasteiger partial charge in [0.1, 0.15) is 5.82 Å². The molecule has 0 unspecified atom stereocenters. The Balaban J connectivity index is 1.50. The van der Waals surface area contributed by atoms with E-state index in [0.29, 0.717) is 24.3 Å². The molecule has 0 saturated carbocycles. The molecule has 2 aromatic heterocycles. The minimum absolute atomic E-state index is 0.0246. The molecule has 0 spiro atoms. The highest BCUT2D eigenvalue weighted by molar-refractivity contribution is 6.33. The van der Waals surface area contributed by atoms with Crippen molar-refractivity contribution in [3.05, 3.63) is 81.6 Å². The molecule has 4 aromatic rings. The lowest BCUT2D eigenvalue weighted by molar-refractivity contribution is 0.0736. The van der Waals surface area contributed by atoms with Gasteiger partial charge in [-0.3, -0.25) is 14.0 Å². The van der Waals surface area contributed by atoms with Gasteiger partial charge in [0, 0.05) is 49.8 Å². The molecular formula is C23H20ClFN6O2. The SMILES string of the molecule is O=C(c1ccc(Nc2nc(-c3c(F)cccc3Cl)n3cc[nH]c(=O)c23)cc1)N1CCNCC1. The van der Waals surface area contributed by atoms with Crippen LogP contribution in [0.3, 0.4) is 0 Å². The lowest BCUT2D eigenvalue weighted by Crippen LogP contribution is -2.46. The first kappa shape index (κ1) is 21.2. The number of aromatic nitrogens is 3. The highest BCUT2D eigenvalue weighted by atomic mass is 35.5. The molecule has 1 aliphatic rings. The highest BCUT2D eigenvalue weighted by Gasteiger charge is 2.21. The van der Waals surface area contributed by atoms with Gasteiger partial charge in [0.25, 0.3) is 11.5 Å². The van der Waals surface area contributed by atoms with Gasteiger partial charge in [-0.2, -0.15) is 0 Å². The van der Waals surface area contributed by atoms with Crippen molar-refractivity contribution >= 4 is 34.5 Å². The van der Waals surface area contributed by atoms with Crippen LogP contribution in [0, 0.1) is 5.82 Å². The third-order valence-electron chi connectivity index (χ3n) is 5.55. The van der Waals surface area contributed by atoms with E-state index in [9.17, 15) is 14.0 Å². The standard InChI is InChI=1S/C23H20ClFN6O2/c24-16-2-1-3-17(25)18(16)21-29-20(19-22(32)27-10-13-31(19)21)28-15-6-4-14(5-7-15)23(33)30-11-8-26-9-12-30/h1-7,10,13,26,28H,8-9,11-12H2,(H,27,32). The summed E-state index contributed by atoms with van der Waals surface area (Å²) in [5, 5.41) is 6.52. The zero-order valence-electron chi connectivity index (χ0n) is 17.4. The smallest absolute Gasteiger partial charge is 0.276 e. The minimum Gasteiger partial charge on any atom is -0.338 e. The number of fused-ring (bicyclic) bond motifs is 1. The number of amides is 1. The third kappa shape index (κ3) is 3.96. The summed E-state index contributed by atoms with van der Waals surface area (Å²) in [7, 11) is 0. The molecule has 0 aliphatic carbocycles. The molecule has 5 rings (SSSR count). The van der Waals surface area contributed by atoms with E-state index in [-0.39, 0.29) is 33.7 Å². The summed E-state index contributed by atoms with van der Waals surface area (Å²) < 4.78 is 16.1. The van der Waals surface area contributed by atoms with E-state index in [1.807, 2.05) is 4.90 Å². The molecule has 1 fully saturated rings. The number of rotatable bonds is 4. The van der Waals surface area contributed by atoms with Crippen molar-refractivity contribution in [2.75, 3.05) is 31.5 Å². The van der Waals surface area contributed by atoms with E-state index >= 15 is 0 Å². The zero-order valence-corrected chi connectivity index (χ0v) is 18.2. The van der Waals surface area contributed by atoms with Crippen LogP contribution >= 0.6 is 11.6 Å². The molecule has 1 saturated heterocycles. The summed E-state index contributed by atoms with van der Waals surface area (Å²) in [5.41, 5.74) is 1.13. The Kier molecular flexibility index (Phi) is 5.57. The maximum Gasteiger partial charge on any atom is 0.276 e. The first-order valence-electron chi connectivity index (χ1n) is 10.4. The second kappa shape index (κ2) is 8.68. The number of aromatic amines is 1. The Morgan fingerprint density at radius 1 is 1.12 bits per heavy atom. The molecule has 1 amide bonds. The van der Waals surface area contributed by atoms with E-state index < -0.39 is 11.4 Å². The largest absolute Gasteiger partial charge is 0.338 e. The van der Waals surface area contributed by atoms with Crippen molar-refractivity contribution in [2.24, 2.45) is 0 Å². The predicted octanol–water partition coefficient (Wildman–Crippen LogP) is 3.27. The molecule has 1 aliphatic heterocycles. The summed E-state index contributed by atoms with van der Waals surface area (Å²) in [6, 6.07) is 11.3. The van der Waals surface area contributed by atoms with Crippen molar-refractivity contribution in [1.82, 2.24) is 24.6 Å². The summed E-state index contributed by atoms with van der Waals surface area (Å²) in [5.74, 6) is -0.125. The van der Waals surface area contributed by atoms with E-state index in [1.165, 1.54) is 22.7 Å². The minimum atomic E-state index is -0.544. The van der Waals surface area contributed by atoms with Gasteiger partial charge in [-0.05, 0) is 36.4 Å². The van der Waals surface area contributed by atoms with Crippen LogP contribution in [-0.4, -0.2) is 51.4 Å². The first-order chi connectivity index (χ1) is 16.0. The van der Waals surface area contributed by atoms with Crippen LogP contribution < -0.4 is 16.2 Å². The van der Waals surface area contributed by atoms with Gasteiger partial charge in [0.2, 0.25) is 0 Å². The van der Waals surface area contributed by atoms with Crippen LogP contribution in [0.4, 0.5) is 15.9 Å². The number of anilines is 2. The molecule has 0 atom stereocenters. The van der Waals surface area contributed by atoms with Gasteiger partial charge in [-0.1, -0.05) is 17.7 Å². The lowest BCUT2D eigenvalue weighted by Gasteiger charge is -2.27. The number of carbonyl (C=O) groups is 1. The predicted molar refractivity (Wildman–Crippen MR) is 125 cm³/mol. The van der Waals surface area contributed by atoms with E-state index in [0.717, 1.165) is 13.1 Å². The van der Waals surface area contributed by atoms with E-state index in [2.05, 4.69) is 20.6 Å². The van der Waals surface area contributed by atoms with Crippen molar-refractivity contribution in [2.45, 2.75) is 0 Å². The van der Waals surface area contributed by atoms with Crippen molar-refractivity contribution < 1.29 is 9.18 Å². The van der Waals surface area contributed by atoms with Crippen LogP contribution in [0.1, 0.15) is 10.4 Å². The molecule has 3 N–H and O–H groups in total. The molecule has 3 heterocycles. The third-order valence-corrected chi connectivity index (χ3v) is 5.86. The van der Waals surface area contributed by atoms with Gasteiger partial charge in [-0.25, -0.2) is 9.37 Å². The molecule has 33 heavy (non-hydrogen) atoms. The maximum absolute atomic E-state index is 14.6. The van der Waals surface area contributed by atoms with E-state index in [1.54, 1.807) is 36.5 Å². The van der Waals surface area contributed by atoms with Crippen LogP contribution in [0.15, 0.2) is 59.7 Å². The summed E-state index contributed by atoms with van der Waals surface area (Å²) in [6.07, 6.45) is 3.04. The fraction of sp³-hybridized carbons (Fsp3) is 0.174. The fourth-order valence-corrected chi connectivity index (χ4v) is 4.16. The number of nitrogens with one attached hydrogen (secondary N) is 3. The number of halogens is 2. The molecule has 2 aromatic carbocycles. The van der Waals surface area contributed by atoms with Gasteiger partial charge in [0.05, 0.1) is 10.6 Å². The number of hydrogen-bond donors (Lipinski definition) is 3. The van der Waals surface area contributed by atoms with Gasteiger partial charge >= 0.3 is 0 Å². The normalized spacial score (nSPS) is 13.9. The number of piperazine rings is 1. The molecule has 8 nitrogen and oxygen atoms in total. The Labute approximate surface area is 193 Å². The average molecular weight is 467 g/mol. The molecule has 10 heteroatoms. The van der Waals surface area contributed by atoms with Gasteiger partial charge in [-0.15, -0.1) is 0 Å². The Morgan fingerprint density at radius 2 is 1.88 bits per heavy atom. The highest BCUT2D eigenvalue weighted by Crippen LogP contribution is 2.32. The van der Waals surface area contributed by atoms with Crippen LogP contribution in [0.5, 0.6) is 0 Å². The fourth-order valence-electron chi connectivity index (χ4n) is 3.91. The summed E-state index contributed by atoms with van der Waals surface area (Å²) >= 11 is 6.25. The van der Waals surface area contributed by atoms with Crippen molar-refractivity contribution in [3.63, 3.8) is 0 Å². The second-order valence-electron chi connectivity index (χ2n) is 7.63. The van der Waals surface area contributed by atoms with Crippen LogP contribution in [0.25, 0.3) is 16.9 Å². The maximum atomic E-state index is 14.6. The monoisotopic (exact) mass is 466 g/mol. The Hall–Kier alpha value is -3.69. The molecule has 0 bridgehead atoms. The number of benzene rings is 2. The van der Waals surface area contributed by atoms with Gasteiger partial charge in [0.15, 0.2) is 17.2 Å². The lowest BCUT2D eigenvalue weighted by atomic mass is 10.1. The number of hydrogen-bond acceptors (Lipinski definition) is 5. The molecular weight excluding hydrogens is 447 g/mol. The molecule has 0 radical (unpaired) electrons. The van der Waals surface area contributed by atoms with Crippen molar-refractivity contribution in [1.29, 1.82) is 0 Å². The quantitative estimate of drug-likeness (QED) is 0.429. The Morgan fingerprint density at radius 3 is 2.61 bits per heavy atom. The van der Waals surface area contributed by atoms with E-state index in [4.69, 9.17) is 11.6 Å². The topological polar surface area (TPSA) is 94.5 Å². The first-order valence-corrected chi connectivity index (χ1v) is 10.8. The second-order valence-corrected chi connectivity index (χ2v) is 8.04. The zero-order chi connectivity index (χ0) is 22.9. The summed E-state index contributed by atoms with van der Waals surface area (Å²) in [6.45, 7) is 2.90. The number of imidazole rings is 1. The molecule has 168 valence electrons. The number of carbonyl (C=O) groups excluding carboxylic acids is 1. The average Bonchev–Trinajstić information content (AvgIpc) is 3.19. The van der Waals surface area contributed by atoms with Crippen LogP contribution in [-0.2, 0) is 0 Å². The van der Waals surface area contributed by atoms with Crippen molar-refractivity contribution in [3.8, 4) is 11.4 Å². The van der Waals surface area contributed by atoms with Crippen LogP contribution in [0.2, 0.25) is 5.02 Å². The summed E-state index contributed by atoms with van der Waals surface area (Å²) in [4.78, 5) is 34.2. The number of H-pyrrole nitrogens is 1. The van der Waals surface area contributed by atoms with Gasteiger partial charge < -0.3 is 20.5 Å².